The highest BCUT2D eigenvalue weighted by atomic mass is 32.2. The fraction of sp³-hybridized carbons (Fsp3) is 0.318. The Morgan fingerprint density at radius 3 is 2.75 bits per heavy atom. The third-order valence-electron chi connectivity index (χ3n) is 5.22. The first-order chi connectivity index (χ1) is 15.3. The second-order valence-corrected chi connectivity index (χ2v) is 11.8. The Hall–Kier alpha value is -1.72. The van der Waals surface area contributed by atoms with Crippen molar-refractivity contribution >= 4 is 67.0 Å². The standard InChI is InChI=1S/C22H24N2O4S4/c1-4-23-18-13-16(29-3)7-9-20(18)30-21(23)14-22-24(10-5-11-32(25,26)27)17-12-15(28-2)6-8-19(17)31-22/h6-9,12-14H,4-5,10-11H2,1-3H3/p+1. The zero-order valence-corrected chi connectivity index (χ0v) is 21.3. The predicted molar refractivity (Wildman–Crippen MR) is 135 cm³/mol. The number of thioether (sulfide) groups is 2. The molecule has 0 bridgehead atoms. The molecule has 32 heavy (non-hydrogen) atoms. The first-order valence-electron chi connectivity index (χ1n) is 10.1. The summed E-state index contributed by atoms with van der Waals surface area (Å²) in [5.41, 5.74) is 2.21. The van der Waals surface area contributed by atoms with Gasteiger partial charge in [-0.15, -0.1) is 11.8 Å². The first-order valence-corrected chi connectivity index (χ1v) is 14.6. The average Bonchev–Trinajstić information content (AvgIpc) is 3.29. The van der Waals surface area contributed by atoms with Gasteiger partial charge in [0, 0.05) is 22.8 Å². The zero-order chi connectivity index (χ0) is 22.9. The molecule has 170 valence electrons. The van der Waals surface area contributed by atoms with Crippen molar-refractivity contribution in [3.63, 3.8) is 0 Å². The molecule has 0 saturated heterocycles. The summed E-state index contributed by atoms with van der Waals surface area (Å²) in [4.78, 5) is 4.78. The van der Waals surface area contributed by atoms with Gasteiger partial charge >= 0.3 is 0 Å². The summed E-state index contributed by atoms with van der Waals surface area (Å²) in [7, 11) is -2.37. The van der Waals surface area contributed by atoms with Crippen LogP contribution in [0.2, 0.25) is 0 Å². The topological polar surface area (TPSA) is 70.7 Å². The van der Waals surface area contributed by atoms with E-state index in [1.165, 1.54) is 15.5 Å². The third kappa shape index (κ3) is 4.94. The lowest BCUT2D eigenvalue weighted by molar-refractivity contribution is -0.668. The van der Waals surface area contributed by atoms with E-state index in [0.717, 1.165) is 32.5 Å². The van der Waals surface area contributed by atoms with Gasteiger partial charge < -0.3 is 9.64 Å². The van der Waals surface area contributed by atoms with Crippen molar-refractivity contribution in [1.29, 1.82) is 0 Å². The molecule has 1 N–H and O–H groups in total. The van der Waals surface area contributed by atoms with E-state index in [2.05, 4.69) is 46.9 Å². The van der Waals surface area contributed by atoms with Gasteiger partial charge in [-0.2, -0.15) is 13.0 Å². The number of aryl methyl sites for hydroxylation is 1. The molecule has 4 rings (SSSR count). The van der Waals surface area contributed by atoms with Gasteiger partial charge in [0.05, 0.1) is 35.7 Å². The fourth-order valence-electron chi connectivity index (χ4n) is 3.70. The molecule has 1 aliphatic rings. The zero-order valence-electron chi connectivity index (χ0n) is 18.1. The molecule has 1 aromatic heterocycles. The largest absolute Gasteiger partial charge is 0.497 e. The number of nitrogens with zero attached hydrogens (tertiary/aromatic N) is 2. The lowest BCUT2D eigenvalue weighted by atomic mass is 10.3. The highest BCUT2D eigenvalue weighted by Gasteiger charge is 2.27. The van der Waals surface area contributed by atoms with E-state index >= 15 is 0 Å². The molecule has 10 heteroatoms. The minimum Gasteiger partial charge on any atom is -0.497 e. The number of hydrogen-bond donors (Lipinski definition) is 1. The van der Waals surface area contributed by atoms with Crippen LogP contribution in [-0.2, 0) is 16.7 Å². The number of thiazole rings is 1. The normalized spacial score (nSPS) is 15.0. The second kappa shape index (κ2) is 9.64. The van der Waals surface area contributed by atoms with Gasteiger partial charge in [0.15, 0.2) is 6.54 Å². The summed E-state index contributed by atoms with van der Waals surface area (Å²) in [6, 6.07) is 12.5. The van der Waals surface area contributed by atoms with E-state index in [0.29, 0.717) is 13.0 Å². The van der Waals surface area contributed by atoms with E-state index < -0.39 is 10.1 Å². The summed E-state index contributed by atoms with van der Waals surface area (Å²) in [5.74, 6) is 0.483. The van der Waals surface area contributed by atoms with Crippen molar-refractivity contribution in [3.8, 4) is 5.75 Å². The van der Waals surface area contributed by atoms with Crippen LogP contribution in [0.4, 0.5) is 5.69 Å². The lowest BCUT2D eigenvalue weighted by Gasteiger charge is -2.18. The van der Waals surface area contributed by atoms with Crippen LogP contribution in [0.25, 0.3) is 16.3 Å². The molecule has 2 heterocycles. The van der Waals surface area contributed by atoms with E-state index in [1.54, 1.807) is 42.0 Å². The van der Waals surface area contributed by atoms with Crippen molar-refractivity contribution < 1.29 is 22.3 Å². The Morgan fingerprint density at radius 2 is 2.06 bits per heavy atom. The molecule has 0 atom stereocenters. The Kier molecular flexibility index (Phi) is 7.06. The van der Waals surface area contributed by atoms with Gasteiger partial charge in [-0.1, -0.05) is 23.1 Å². The minimum absolute atomic E-state index is 0.268. The van der Waals surface area contributed by atoms with Crippen molar-refractivity contribution in [3.05, 3.63) is 46.4 Å². The molecule has 0 fully saturated rings. The molecule has 0 amide bonds. The first kappa shape index (κ1) is 23.4. The van der Waals surface area contributed by atoms with Crippen molar-refractivity contribution in [1.82, 2.24) is 0 Å². The lowest BCUT2D eigenvalue weighted by Crippen LogP contribution is -2.36. The van der Waals surface area contributed by atoms with Crippen LogP contribution in [0, 0.1) is 0 Å². The highest BCUT2D eigenvalue weighted by molar-refractivity contribution is 8.04. The maximum absolute atomic E-state index is 11.3. The molecule has 0 aliphatic carbocycles. The number of rotatable bonds is 8. The van der Waals surface area contributed by atoms with Gasteiger partial charge in [0.25, 0.3) is 15.1 Å². The van der Waals surface area contributed by atoms with Gasteiger partial charge in [-0.05, 0) is 43.5 Å². The van der Waals surface area contributed by atoms with E-state index in [4.69, 9.17) is 4.74 Å². The molecule has 3 aromatic rings. The molecular weight excluding hydrogens is 485 g/mol. The maximum atomic E-state index is 11.3. The van der Waals surface area contributed by atoms with Crippen molar-refractivity contribution in [2.24, 2.45) is 0 Å². The van der Waals surface area contributed by atoms with Crippen LogP contribution in [0.1, 0.15) is 18.4 Å². The Bertz CT molecular complexity index is 1280. The molecule has 1 aliphatic heterocycles. The fourth-order valence-corrected chi connectivity index (χ4v) is 6.95. The summed E-state index contributed by atoms with van der Waals surface area (Å²) < 4.78 is 40.3. The molecular formula is C22H25N2O4S4+. The van der Waals surface area contributed by atoms with E-state index in [1.807, 2.05) is 18.2 Å². The van der Waals surface area contributed by atoms with Gasteiger partial charge in [0.2, 0.25) is 5.52 Å². The van der Waals surface area contributed by atoms with Crippen LogP contribution in [-0.4, -0.2) is 38.6 Å². The van der Waals surface area contributed by atoms with Crippen LogP contribution in [0.15, 0.2) is 51.2 Å². The molecule has 0 spiro atoms. The highest BCUT2D eigenvalue weighted by Crippen LogP contribution is 2.47. The molecule has 2 aromatic carbocycles. The van der Waals surface area contributed by atoms with E-state index in [-0.39, 0.29) is 5.75 Å². The predicted octanol–water partition coefficient (Wildman–Crippen LogP) is 5.13. The van der Waals surface area contributed by atoms with Crippen LogP contribution in [0.5, 0.6) is 5.75 Å². The molecule has 0 unspecified atom stereocenters. The van der Waals surface area contributed by atoms with Gasteiger partial charge in [0.1, 0.15) is 10.4 Å². The Balaban J connectivity index is 1.76. The van der Waals surface area contributed by atoms with Crippen LogP contribution >= 0.6 is 34.9 Å². The number of hydrogen-bond acceptors (Lipinski definition) is 7. The maximum Gasteiger partial charge on any atom is 0.265 e. The minimum atomic E-state index is -4.00. The second-order valence-electron chi connectivity index (χ2n) is 7.23. The summed E-state index contributed by atoms with van der Waals surface area (Å²) >= 11 is 5.14. The summed E-state index contributed by atoms with van der Waals surface area (Å²) in [5, 5.41) is 2.17. The van der Waals surface area contributed by atoms with Gasteiger partial charge in [-0.3, -0.25) is 4.55 Å². The van der Waals surface area contributed by atoms with E-state index in [9.17, 15) is 13.0 Å². The van der Waals surface area contributed by atoms with Crippen molar-refractivity contribution in [2.75, 3.05) is 30.6 Å². The molecule has 0 radical (unpaired) electrons. The smallest absolute Gasteiger partial charge is 0.265 e. The van der Waals surface area contributed by atoms with Crippen molar-refractivity contribution in [2.45, 2.75) is 29.7 Å². The molecule has 0 saturated carbocycles. The SMILES string of the molecule is CCN1/C(=C/c2sc3ccc(OC)cc3[n+]2CCCS(=O)(=O)O)Sc2ccc(SC)cc21. The number of fused-ring (bicyclic) bond motifs is 2. The number of benzene rings is 2. The average molecular weight is 510 g/mol. The van der Waals surface area contributed by atoms with Gasteiger partial charge in [-0.25, -0.2) is 0 Å². The van der Waals surface area contributed by atoms with Crippen LogP contribution in [0.3, 0.4) is 0 Å². The Labute approximate surface area is 201 Å². The number of aromatic nitrogens is 1. The monoisotopic (exact) mass is 509 g/mol. The quantitative estimate of drug-likeness (QED) is 0.256. The summed E-state index contributed by atoms with van der Waals surface area (Å²) in [6.07, 6.45) is 4.58. The van der Waals surface area contributed by atoms with Crippen LogP contribution < -0.4 is 14.2 Å². The molecule has 6 nitrogen and oxygen atoms in total. The number of anilines is 1. The number of ether oxygens (including phenoxy) is 1. The third-order valence-corrected chi connectivity index (χ3v) is 8.98. The Morgan fingerprint density at radius 1 is 1.25 bits per heavy atom. The summed E-state index contributed by atoms with van der Waals surface area (Å²) in [6.45, 7) is 3.47. The number of methoxy groups -OCH3 is 1.